The first-order chi connectivity index (χ1) is 12.2. The van der Waals surface area contributed by atoms with Gasteiger partial charge in [-0.25, -0.2) is 0 Å². The van der Waals surface area contributed by atoms with Crippen molar-refractivity contribution < 1.29 is 4.79 Å². The second-order valence-corrected chi connectivity index (χ2v) is 5.91. The Balaban J connectivity index is 2.07. The zero-order valence-electron chi connectivity index (χ0n) is 14.2. The number of hydrogen-bond donors (Lipinski definition) is 1. The first-order valence-electron chi connectivity index (χ1n) is 8.58. The number of amides is 1. The van der Waals surface area contributed by atoms with Crippen LogP contribution in [0.1, 0.15) is 36.7 Å². The normalized spacial score (nSPS) is 10.8. The molecule has 2 aromatic carbocycles. The molecule has 0 aliphatic carbocycles. The van der Waals surface area contributed by atoms with Crippen LogP contribution in [0.4, 0.5) is 0 Å². The van der Waals surface area contributed by atoms with E-state index in [0.29, 0.717) is 23.0 Å². The third-order valence-electron chi connectivity index (χ3n) is 4.09. The molecule has 0 spiro atoms. The van der Waals surface area contributed by atoms with E-state index in [0.717, 1.165) is 19.3 Å². The maximum absolute atomic E-state index is 12.8. The molecule has 25 heavy (non-hydrogen) atoms. The van der Waals surface area contributed by atoms with Gasteiger partial charge < -0.3 is 5.32 Å². The van der Waals surface area contributed by atoms with Gasteiger partial charge in [0.25, 0.3) is 11.5 Å². The minimum Gasteiger partial charge on any atom is -0.351 e. The molecule has 1 N–H and O–H groups in total. The fourth-order valence-electron chi connectivity index (χ4n) is 2.76. The summed E-state index contributed by atoms with van der Waals surface area (Å²) in [6.45, 7) is 2.72. The largest absolute Gasteiger partial charge is 0.351 e. The van der Waals surface area contributed by atoms with Gasteiger partial charge in [-0.2, -0.15) is 9.78 Å². The van der Waals surface area contributed by atoms with Crippen molar-refractivity contribution in [2.24, 2.45) is 0 Å². The Morgan fingerprint density at radius 2 is 1.68 bits per heavy atom. The van der Waals surface area contributed by atoms with Crippen molar-refractivity contribution in [3.8, 4) is 5.69 Å². The van der Waals surface area contributed by atoms with E-state index in [4.69, 9.17) is 0 Å². The molecule has 3 rings (SSSR count). The standard InChI is InChI=1S/C20H21N3O2/c1-2-3-9-14-21-19(24)18-16-12-7-8-13-17(16)20(25)23(22-18)15-10-5-4-6-11-15/h4-8,10-13H,2-3,9,14H2,1H3,(H,21,24). The number of para-hydroxylation sites is 1. The molecule has 0 saturated carbocycles. The number of carbonyl (C=O) groups is 1. The molecule has 128 valence electrons. The molecule has 0 aliphatic heterocycles. The SMILES string of the molecule is CCCCCNC(=O)c1nn(-c2ccccc2)c(=O)c2ccccc12. The lowest BCUT2D eigenvalue weighted by Crippen LogP contribution is -2.30. The van der Waals surface area contributed by atoms with Gasteiger partial charge in [0.05, 0.1) is 11.1 Å². The summed E-state index contributed by atoms with van der Waals surface area (Å²) in [5.41, 5.74) is 0.679. The number of nitrogens with zero attached hydrogens (tertiary/aromatic N) is 2. The lowest BCUT2D eigenvalue weighted by molar-refractivity contribution is 0.0948. The summed E-state index contributed by atoms with van der Waals surface area (Å²) >= 11 is 0. The molecular formula is C20H21N3O2. The second-order valence-electron chi connectivity index (χ2n) is 5.91. The highest BCUT2D eigenvalue weighted by atomic mass is 16.2. The Bertz CT molecular complexity index is 933. The van der Waals surface area contributed by atoms with E-state index in [9.17, 15) is 9.59 Å². The molecule has 0 saturated heterocycles. The third-order valence-corrected chi connectivity index (χ3v) is 4.09. The average molecular weight is 335 g/mol. The maximum Gasteiger partial charge on any atom is 0.279 e. The zero-order valence-corrected chi connectivity index (χ0v) is 14.2. The van der Waals surface area contributed by atoms with E-state index in [1.54, 1.807) is 30.3 Å². The van der Waals surface area contributed by atoms with E-state index in [1.807, 2.05) is 24.3 Å². The molecule has 0 aliphatic rings. The molecule has 1 heterocycles. The third kappa shape index (κ3) is 3.60. The maximum atomic E-state index is 12.8. The van der Waals surface area contributed by atoms with Crippen LogP contribution in [0.5, 0.6) is 0 Å². The van der Waals surface area contributed by atoms with Crippen LogP contribution in [-0.2, 0) is 0 Å². The van der Waals surface area contributed by atoms with E-state index >= 15 is 0 Å². The summed E-state index contributed by atoms with van der Waals surface area (Å²) in [7, 11) is 0. The number of fused-ring (bicyclic) bond motifs is 1. The van der Waals surface area contributed by atoms with Gasteiger partial charge in [0.2, 0.25) is 0 Å². The number of hydrogen-bond acceptors (Lipinski definition) is 3. The van der Waals surface area contributed by atoms with E-state index in [1.165, 1.54) is 4.68 Å². The summed E-state index contributed by atoms with van der Waals surface area (Å²) in [6, 6.07) is 16.2. The molecule has 0 bridgehead atoms. The minimum atomic E-state index is -0.253. The Hall–Kier alpha value is -2.95. The van der Waals surface area contributed by atoms with Crippen LogP contribution in [0.25, 0.3) is 16.5 Å². The van der Waals surface area contributed by atoms with Gasteiger partial charge in [-0.15, -0.1) is 0 Å². The Morgan fingerprint density at radius 1 is 1.00 bits per heavy atom. The van der Waals surface area contributed by atoms with Crippen LogP contribution in [0, 0.1) is 0 Å². The van der Waals surface area contributed by atoms with Gasteiger partial charge in [-0.05, 0) is 24.6 Å². The molecule has 5 nitrogen and oxygen atoms in total. The fraction of sp³-hybridized carbons (Fsp3) is 0.250. The number of unbranched alkanes of at least 4 members (excludes halogenated alkanes) is 2. The van der Waals surface area contributed by atoms with Crippen LogP contribution in [-0.4, -0.2) is 22.2 Å². The number of carbonyl (C=O) groups excluding carboxylic acids is 1. The Labute approximate surface area is 146 Å². The molecule has 1 aromatic heterocycles. The van der Waals surface area contributed by atoms with Crippen molar-refractivity contribution >= 4 is 16.7 Å². The lowest BCUT2D eigenvalue weighted by Gasteiger charge is -2.11. The summed E-state index contributed by atoms with van der Waals surface area (Å²) < 4.78 is 1.29. The lowest BCUT2D eigenvalue weighted by atomic mass is 10.1. The van der Waals surface area contributed by atoms with Crippen molar-refractivity contribution in [1.29, 1.82) is 0 Å². The molecule has 0 atom stereocenters. The van der Waals surface area contributed by atoms with Gasteiger partial charge in [-0.3, -0.25) is 9.59 Å². The number of aromatic nitrogens is 2. The quantitative estimate of drug-likeness (QED) is 0.703. The summed E-state index contributed by atoms with van der Waals surface area (Å²) in [6.07, 6.45) is 3.09. The van der Waals surface area contributed by atoms with Gasteiger partial charge in [0, 0.05) is 11.9 Å². The zero-order chi connectivity index (χ0) is 17.6. The van der Waals surface area contributed by atoms with Crippen molar-refractivity contribution in [2.45, 2.75) is 26.2 Å². The first-order valence-corrected chi connectivity index (χ1v) is 8.58. The summed E-state index contributed by atoms with van der Waals surface area (Å²) in [4.78, 5) is 25.4. The molecular weight excluding hydrogens is 314 g/mol. The predicted molar refractivity (Wildman–Crippen MR) is 99.2 cm³/mol. The smallest absolute Gasteiger partial charge is 0.279 e. The van der Waals surface area contributed by atoms with Crippen LogP contribution in [0.3, 0.4) is 0 Å². The van der Waals surface area contributed by atoms with Crippen LogP contribution >= 0.6 is 0 Å². The molecule has 3 aromatic rings. The highest BCUT2D eigenvalue weighted by molar-refractivity contribution is 6.04. The van der Waals surface area contributed by atoms with Gasteiger partial charge in [-0.1, -0.05) is 56.2 Å². The topological polar surface area (TPSA) is 64.0 Å². The van der Waals surface area contributed by atoms with Gasteiger partial charge in [0.1, 0.15) is 0 Å². The van der Waals surface area contributed by atoms with Crippen molar-refractivity contribution in [3.63, 3.8) is 0 Å². The van der Waals surface area contributed by atoms with Crippen molar-refractivity contribution in [3.05, 3.63) is 70.6 Å². The van der Waals surface area contributed by atoms with Crippen LogP contribution in [0.15, 0.2) is 59.4 Å². The number of rotatable bonds is 6. The fourth-order valence-corrected chi connectivity index (χ4v) is 2.76. The minimum absolute atomic E-state index is 0.232. The highest BCUT2D eigenvalue weighted by Crippen LogP contribution is 2.15. The van der Waals surface area contributed by atoms with Crippen molar-refractivity contribution in [2.75, 3.05) is 6.54 Å². The number of nitrogens with one attached hydrogen (secondary N) is 1. The van der Waals surface area contributed by atoms with Crippen LogP contribution < -0.4 is 10.9 Å². The molecule has 1 amide bonds. The molecule has 0 fully saturated rings. The van der Waals surface area contributed by atoms with Gasteiger partial charge >= 0.3 is 0 Å². The van der Waals surface area contributed by atoms with Gasteiger partial charge in [0.15, 0.2) is 5.69 Å². The molecule has 0 radical (unpaired) electrons. The molecule has 5 heteroatoms. The average Bonchev–Trinajstić information content (AvgIpc) is 2.66. The Morgan fingerprint density at radius 3 is 2.40 bits per heavy atom. The summed E-state index contributed by atoms with van der Waals surface area (Å²) in [5, 5.41) is 8.33. The van der Waals surface area contributed by atoms with E-state index in [2.05, 4.69) is 17.3 Å². The highest BCUT2D eigenvalue weighted by Gasteiger charge is 2.16. The number of benzene rings is 2. The van der Waals surface area contributed by atoms with E-state index < -0.39 is 0 Å². The first kappa shape index (κ1) is 16.9. The molecule has 0 unspecified atom stereocenters. The second kappa shape index (κ2) is 7.75. The van der Waals surface area contributed by atoms with Crippen molar-refractivity contribution in [1.82, 2.24) is 15.1 Å². The predicted octanol–water partition coefficient (Wildman–Crippen LogP) is 3.31. The Kier molecular flexibility index (Phi) is 5.23. The van der Waals surface area contributed by atoms with Crippen LogP contribution in [0.2, 0.25) is 0 Å². The van der Waals surface area contributed by atoms with E-state index in [-0.39, 0.29) is 17.2 Å². The monoisotopic (exact) mass is 335 g/mol. The summed E-state index contributed by atoms with van der Waals surface area (Å²) in [5.74, 6) is -0.253.